The summed E-state index contributed by atoms with van der Waals surface area (Å²) >= 11 is 0. The SMILES string of the molecule is CC(=O)NC[C@H]1CN(c2ccc(-c3ccc(C4=NOC(CO)(CO)C4)nc3)c(F)c2)C(=O)O1. The molecule has 2 aliphatic heterocycles. The summed E-state index contributed by atoms with van der Waals surface area (Å²) in [6.45, 7) is 0.984. The first-order chi connectivity index (χ1) is 15.8. The molecule has 0 bridgehead atoms. The molecule has 1 saturated heterocycles. The second-order valence-corrected chi connectivity index (χ2v) is 7.96. The number of cyclic esters (lactones) is 1. The van der Waals surface area contributed by atoms with Crippen molar-refractivity contribution in [3.63, 3.8) is 0 Å². The molecule has 1 aromatic heterocycles. The van der Waals surface area contributed by atoms with Gasteiger partial charge < -0.3 is 25.1 Å². The van der Waals surface area contributed by atoms with Crippen LogP contribution in [0, 0.1) is 5.82 Å². The average molecular weight is 458 g/mol. The number of aliphatic hydroxyl groups is 2. The number of carbonyl (C=O) groups excluding carboxylic acids is 2. The van der Waals surface area contributed by atoms with Gasteiger partial charge in [-0.25, -0.2) is 9.18 Å². The van der Waals surface area contributed by atoms with Crippen molar-refractivity contribution >= 4 is 23.4 Å². The number of aromatic nitrogens is 1. The van der Waals surface area contributed by atoms with Crippen molar-refractivity contribution in [2.45, 2.75) is 25.0 Å². The molecule has 3 N–H and O–H groups in total. The molecule has 0 aliphatic carbocycles. The van der Waals surface area contributed by atoms with Crippen LogP contribution in [0.15, 0.2) is 41.7 Å². The Labute approximate surface area is 188 Å². The van der Waals surface area contributed by atoms with Gasteiger partial charge in [0.05, 0.1) is 37.7 Å². The molecular formula is C22H23FN4O6. The maximum Gasteiger partial charge on any atom is 0.414 e. The molecule has 0 unspecified atom stereocenters. The number of nitrogens with one attached hydrogen (secondary N) is 1. The minimum absolute atomic E-state index is 0.185. The van der Waals surface area contributed by atoms with Gasteiger partial charge in [0.15, 0.2) is 5.60 Å². The molecule has 174 valence electrons. The van der Waals surface area contributed by atoms with E-state index >= 15 is 0 Å². The molecule has 0 spiro atoms. The number of oxime groups is 1. The van der Waals surface area contributed by atoms with Crippen molar-refractivity contribution < 1.29 is 33.8 Å². The number of ether oxygens (including phenoxy) is 1. The maximum absolute atomic E-state index is 14.9. The molecular weight excluding hydrogens is 435 g/mol. The van der Waals surface area contributed by atoms with Crippen LogP contribution in [0.1, 0.15) is 19.0 Å². The topological polar surface area (TPSA) is 134 Å². The van der Waals surface area contributed by atoms with Gasteiger partial charge in [-0.2, -0.15) is 0 Å². The van der Waals surface area contributed by atoms with Gasteiger partial charge in [0.25, 0.3) is 0 Å². The Morgan fingerprint density at radius 1 is 1.30 bits per heavy atom. The van der Waals surface area contributed by atoms with Crippen LogP contribution in [0.2, 0.25) is 0 Å². The largest absolute Gasteiger partial charge is 0.442 e. The number of pyridine rings is 1. The van der Waals surface area contributed by atoms with Gasteiger partial charge in [0.2, 0.25) is 5.91 Å². The summed E-state index contributed by atoms with van der Waals surface area (Å²) in [5.74, 6) is -0.769. The van der Waals surface area contributed by atoms with Crippen molar-refractivity contribution in [2.75, 3.05) is 31.2 Å². The Balaban J connectivity index is 1.47. The molecule has 0 radical (unpaired) electrons. The summed E-state index contributed by atoms with van der Waals surface area (Å²) in [4.78, 5) is 34.0. The number of amides is 2. The van der Waals surface area contributed by atoms with Gasteiger partial charge in [0, 0.05) is 30.7 Å². The van der Waals surface area contributed by atoms with E-state index in [1.165, 1.54) is 24.1 Å². The Bertz CT molecular complexity index is 1090. The molecule has 3 heterocycles. The third-order valence-corrected chi connectivity index (χ3v) is 5.50. The number of carbonyl (C=O) groups is 2. The first-order valence-electron chi connectivity index (χ1n) is 10.3. The molecule has 4 rings (SSSR count). The molecule has 33 heavy (non-hydrogen) atoms. The van der Waals surface area contributed by atoms with Crippen LogP contribution in [-0.2, 0) is 14.4 Å². The van der Waals surface area contributed by atoms with Crippen LogP contribution in [0.5, 0.6) is 0 Å². The highest BCUT2D eigenvalue weighted by Gasteiger charge is 2.39. The molecule has 2 aromatic rings. The molecule has 1 aromatic carbocycles. The smallest absolute Gasteiger partial charge is 0.414 e. The second kappa shape index (κ2) is 9.12. The zero-order valence-electron chi connectivity index (χ0n) is 17.8. The Morgan fingerprint density at radius 3 is 2.70 bits per heavy atom. The van der Waals surface area contributed by atoms with E-state index in [2.05, 4.69) is 15.5 Å². The Hall–Kier alpha value is -3.57. The number of hydrogen-bond acceptors (Lipinski definition) is 8. The number of benzene rings is 1. The van der Waals surface area contributed by atoms with Crippen LogP contribution in [0.4, 0.5) is 14.9 Å². The number of anilines is 1. The normalized spacial score (nSPS) is 19.2. The monoisotopic (exact) mass is 458 g/mol. The standard InChI is InChI=1S/C22H23FN4O6/c1-13(30)24-9-16-10-27(21(31)32-16)15-3-4-17(18(23)6-15)14-2-5-19(25-8-14)20-7-22(11-28,12-29)33-26-20/h2-6,8,16,28-29H,7,9-12H2,1H3,(H,24,30)/t16-/m0/s1. The highest BCUT2D eigenvalue weighted by molar-refractivity contribution is 6.00. The molecule has 2 amide bonds. The number of hydrogen-bond donors (Lipinski definition) is 3. The number of nitrogens with zero attached hydrogens (tertiary/aromatic N) is 3. The molecule has 10 nitrogen and oxygen atoms in total. The predicted molar refractivity (Wildman–Crippen MR) is 115 cm³/mol. The van der Waals surface area contributed by atoms with E-state index in [-0.39, 0.29) is 38.6 Å². The number of rotatable bonds is 7. The molecule has 0 saturated carbocycles. The molecule has 2 aliphatic rings. The summed E-state index contributed by atoms with van der Waals surface area (Å²) in [5, 5.41) is 25.3. The molecule has 1 fully saturated rings. The van der Waals surface area contributed by atoms with E-state index in [4.69, 9.17) is 9.57 Å². The highest BCUT2D eigenvalue weighted by atomic mass is 19.1. The first-order valence-corrected chi connectivity index (χ1v) is 10.3. The van der Waals surface area contributed by atoms with E-state index in [1.807, 2.05) is 0 Å². The van der Waals surface area contributed by atoms with Crippen LogP contribution < -0.4 is 10.2 Å². The summed E-state index contributed by atoms with van der Waals surface area (Å²) in [7, 11) is 0. The van der Waals surface area contributed by atoms with Crippen LogP contribution >= 0.6 is 0 Å². The van der Waals surface area contributed by atoms with Gasteiger partial charge in [-0.15, -0.1) is 0 Å². The molecule has 11 heteroatoms. The van der Waals surface area contributed by atoms with Crippen molar-refractivity contribution in [3.05, 3.63) is 48.0 Å². The average Bonchev–Trinajstić information content (AvgIpc) is 3.42. The first kappa shape index (κ1) is 22.6. The molecule has 1 atom stereocenters. The van der Waals surface area contributed by atoms with Gasteiger partial charge in [-0.3, -0.25) is 14.7 Å². The van der Waals surface area contributed by atoms with Gasteiger partial charge >= 0.3 is 6.09 Å². The van der Waals surface area contributed by atoms with Crippen molar-refractivity contribution in [3.8, 4) is 11.1 Å². The van der Waals surface area contributed by atoms with Crippen molar-refractivity contribution in [2.24, 2.45) is 5.16 Å². The fourth-order valence-corrected chi connectivity index (χ4v) is 3.60. The quantitative estimate of drug-likeness (QED) is 0.568. The van der Waals surface area contributed by atoms with E-state index in [9.17, 15) is 24.2 Å². The summed E-state index contributed by atoms with van der Waals surface area (Å²) in [6, 6.07) is 7.74. The van der Waals surface area contributed by atoms with Crippen LogP contribution in [0.3, 0.4) is 0 Å². The minimum Gasteiger partial charge on any atom is -0.442 e. The third kappa shape index (κ3) is 4.64. The fourth-order valence-electron chi connectivity index (χ4n) is 3.60. The van der Waals surface area contributed by atoms with Gasteiger partial charge in [-0.1, -0.05) is 11.2 Å². The Kier molecular flexibility index (Phi) is 6.25. The Morgan fingerprint density at radius 2 is 2.09 bits per heavy atom. The fraction of sp³-hybridized carbons (Fsp3) is 0.364. The van der Waals surface area contributed by atoms with E-state index in [0.29, 0.717) is 28.2 Å². The van der Waals surface area contributed by atoms with Crippen molar-refractivity contribution in [1.29, 1.82) is 0 Å². The predicted octanol–water partition coefficient (Wildman–Crippen LogP) is 1.20. The third-order valence-electron chi connectivity index (χ3n) is 5.50. The number of aliphatic hydroxyl groups excluding tert-OH is 2. The highest BCUT2D eigenvalue weighted by Crippen LogP contribution is 2.30. The maximum atomic E-state index is 14.9. The van der Waals surface area contributed by atoms with Gasteiger partial charge in [0.1, 0.15) is 17.6 Å². The van der Waals surface area contributed by atoms with Crippen molar-refractivity contribution in [1.82, 2.24) is 10.3 Å². The summed E-state index contributed by atoms with van der Waals surface area (Å²) in [6.07, 6.45) is 0.565. The lowest BCUT2D eigenvalue weighted by molar-refractivity contribution is -0.119. The lowest BCUT2D eigenvalue weighted by atomic mass is 9.97. The van der Waals surface area contributed by atoms with E-state index in [1.54, 1.807) is 24.3 Å². The van der Waals surface area contributed by atoms with E-state index < -0.39 is 23.6 Å². The minimum atomic E-state index is -1.16. The zero-order chi connectivity index (χ0) is 23.6. The van der Waals surface area contributed by atoms with Gasteiger partial charge in [-0.05, 0) is 24.3 Å². The lowest BCUT2D eigenvalue weighted by Gasteiger charge is -2.20. The number of halogens is 1. The lowest BCUT2D eigenvalue weighted by Crippen LogP contribution is -2.37. The zero-order valence-corrected chi connectivity index (χ0v) is 17.8. The van der Waals surface area contributed by atoms with E-state index in [0.717, 1.165) is 0 Å². The summed E-state index contributed by atoms with van der Waals surface area (Å²) in [5.41, 5.74) is 0.967. The summed E-state index contributed by atoms with van der Waals surface area (Å²) < 4.78 is 20.1. The van der Waals surface area contributed by atoms with Crippen LogP contribution in [0.25, 0.3) is 11.1 Å². The second-order valence-electron chi connectivity index (χ2n) is 7.96. The van der Waals surface area contributed by atoms with Crippen LogP contribution in [-0.4, -0.2) is 70.9 Å².